The second-order valence-electron chi connectivity index (χ2n) is 5.69. The Morgan fingerprint density at radius 1 is 1.15 bits per heavy atom. The molecule has 0 unspecified atom stereocenters. The fourth-order valence-electron chi connectivity index (χ4n) is 2.43. The summed E-state index contributed by atoms with van der Waals surface area (Å²) in [5.41, 5.74) is 0.280. The maximum absolute atomic E-state index is 13.4. The lowest BCUT2D eigenvalue weighted by Gasteiger charge is -2.17. The lowest BCUT2D eigenvalue weighted by atomic mass is 10.2. The molecule has 9 heteroatoms. The van der Waals surface area contributed by atoms with Crippen molar-refractivity contribution in [2.45, 2.75) is 0 Å². The Hall–Kier alpha value is -1.86. The number of thiophene rings is 1. The van der Waals surface area contributed by atoms with Gasteiger partial charge in [-0.05, 0) is 30.3 Å². The molecule has 0 atom stereocenters. The van der Waals surface area contributed by atoms with Gasteiger partial charge in [0.1, 0.15) is 10.7 Å². The number of carbonyl (C=O) groups is 2. The number of hydrogen-bond donors (Lipinski definition) is 1. The summed E-state index contributed by atoms with van der Waals surface area (Å²) in [4.78, 5) is 26.4. The van der Waals surface area contributed by atoms with Crippen LogP contribution in [0.1, 0.15) is 9.67 Å². The van der Waals surface area contributed by atoms with Gasteiger partial charge < -0.3 is 10.2 Å². The van der Waals surface area contributed by atoms with E-state index in [1.54, 1.807) is 18.2 Å². The summed E-state index contributed by atoms with van der Waals surface area (Å²) >= 11 is 19.4. The monoisotopic (exact) mass is 444 g/mol. The van der Waals surface area contributed by atoms with E-state index in [0.717, 1.165) is 11.3 Å². The number of carbonyl (C=O) groups excluding carboxylic acids is 2. The summed E-state index contributed by atoms with van der Waals surface area (Å²) in [5, 5.41) is 4.00. The Bertz CT molecular complexity index is 1030. The van der Waals surface area contributed by atoms with Crippen LogP contribution in [0, 0.1) is 5.82 Å². The number of para-hydroxylation sites is 1. The highest BCUT2D eigenvalue weighted by molar-refractivity contribution is 7.21. The van der Waals surface area contributed by atoms with Crippen LogP contribution in [0.4, 0.5) is 10.1 Å². The zero-order valence-electron chi connectivity index (χ0n) is 13.9. The zero-order valence-corrected chi connectivity index (χ0v) is 16.9. The van der Waals surface area contributed by atoms with Gasteiger partial charge in [0.2, 0.25) is 5.91 Å². The molecule has 2 aromatic carbocycles. The van der Waals surface area contributed by atoms with E-state index in [2.05, 4.69) is 5.32 Å². The molecule has 3 aromatic rings. The molecule has 0 fully saturated rings. The topological polar surface area (TPSA) is 49.4 Å². The summed E-state index contributed by atoms with van der Waals surface area (Å²) in [6, 6.07) is 8.95. The molecular formula is C18H12Cl3FN2O2S. The number of amides is 2. The van der Waals surface area contributed by atoms with E-state index in [-0.39, 0.29) is 22.1 Å². The number of fused-ring (bicyclic) bond motifs is 1. The number of hydrogen-bond acceptors (Lipinski definition) is 3. The van der Waals surface area contributed by atoms with Crippen molar-refractivity contribution in [2.75, 3.05) is 18.9 Å². The fraction of sp³-hybridized carbons (Fsp3) is 0.111. The average Bonchev–Trinajstić information content (AvgIpc) is 2.93. The molecule has 0 aliphatic rings. The molecule has 0 saturated heterocycles. The van der Waals surface area contributed by atoms with Gasteiger partial charge >= 0.3 is 0 Å². The minimum atomic E-state index is -0.468. The van der Waals surface area contributed by atoms with Gasteiger partial charge in [-0.3, -0.25) is 9.59 Å². The van der Waals surface area contributed by atoms with Crippen LogP contribution in [0.15, 0.2) is 36.4 Å². The van der Waals surface area contributed by atoms with Crippen molar-refractivity contribution < 1.29 is 14.0 Å². The quantitative estimate of drug-likeness (QED) is 0.559. The van der Waals surface area contributed by atoms with E-state index >= 15 is 0 Å². The van der Waals surface area contributed by atoms with Crippen molar-refractivity contribution in [1.29, 1.82) is 0 Å². The minimum Gasteiger partial charge on any atom is -0.332 e. The Balaban J connectivity index is 1.76. The maximum atomic E-state index is 13.4. The zero-order chi connectivity index (χ0) is 19.7. The molecule has 140 valence electrons. The molecule has 0 bridgehead atoms. The maximum Gasteiger partial charge on any atom is 0.265 e. The standard InChI is InChI=1S/C18H12Cl3FN2O2S/c1-24(8-14(25)23-16-11(19)3-2-4-12(16)20)18(26)17-15(21)10-6-5-9(22)7-13(10)27-17/h2-7H,8H2,1H3,(H,23,25). The van der Waals surface area contributed by atoms with Crippen molar-refractivity contribution in [3.63, 3.8) is 0 Å². The smallest absolute Gasteiger partial charge is 0.265 e. The first-order valence-corrected chi connectivity index (χ1v) is 9.60. The van der Waals surface area contributed by atoms with Crippen LogP contribution >= 0.6 is 46.1 Å². The molecule has 0 aliphatic carbocycles. The van der Waals surface area contributed by atoms with Gasteiger partial charge in [-0.1, -0.05) is 40.9 Å². The third-order valence-electron chi connectivity index (χ3n) is 3.74. The van der Waals surface area contributed by atoms with Crippen LogP contribution < -0.4 is 5.32 Å². The molecule has 4 nitrogen and oxygen atoms in total. The Morgan fingerprint density at radius 2 is 1.81 bits per heavy atom. The van der Waals surface area contributed by atoms with Gasteiger partial charge in [0.25, 0.3) is 5.91 Å². The summed E-state index contributed by atoms with van der Waals surface area (Å²) in [6.07, 6.45) is 0. The van der Waals surface area contributed by atoms with Crippen molar-refractivity contribution >= 4 is 73.7 Å². The van der Waals surface area contributed by atoms with Crippen LogP contribution in [-0.2, 0) is 4.79 Å². The first kappa shape index (κ1) is 19.9. The van der Waals surface area contributed by atoms with Crippen molar-refractivity contribution in [3.8, 4) is 0 Å². The molecule has 27 heavy (non-hydrogen) atoms. The molecule has 2 amide bonds. The first-order valence-electron chi connectivity index (χ1n) is 7.65. The predicted molar refractivity (Wildman–Crippen MR) is 109 cm³/mol. The molecule has 0 spiro atoms. The number of likely N-dealkylation sites (N-methyl/N-ethyl adjacent to an activating group) is 1. The highest BCUT2D eigenvalue weighted by Gasteiger charge is 2.22. The highest BCUT2D eigenvalue weighted by atomic mass is 35.5. The third kappa shape index (κ3) is 4.19. The van der Waals surface area contributed by atoms with E-state index in [4.69, 9.17) is 34.8 Å². The van der Waals surface area contributed by atoms with E-state index in [0.29, 0.717) is 20.1 Å². The number of benzene rings is 2. The van der Waals surface area contributed by atoms with Crippen molar-refractivity contribution in [1.82, 2.24) is 4.90 Å². The van der Waals surface area contributed by atoms with Gasteiger partial charge in [0.05, 0.1) is 27.3 Å². The molecule has 1 N–H and O–H groups in total. The Labute approximate surface area is 173 Å². The van der Waals surface area contributed by atoms with Gasteiger partial charge in [0, 0.05) is 17.1 Å². The van der Waals surface area contributed by atoms with Gasteiger partial charge in [-0.15, -0.1) is 11.3 Å². The van der Waals surface area contributed by atoms with Crippen molar-refractivity contribution in [2.24, 2.45) is 0 Å². The van der Waals surface area contributed by atoms with Crippen LogP contribution in [0.3, 0.4) is 0 Å². The number of nitrogens with zero attached hydrogens (tertiary/aromatic N) is 1. The van der Waals surface area contributed by atoms with E-state index < -0.39 is 17.6 Å². The molecule has 0 saturated carbocycles. The largest absolute Gasteiger partial charge is 0.332 e. The lowest BCUT2D eigenvalue weighted by molar-refractivity contribution is -0.116. The van der Waals surface area contributed by atoms with Crippen molar-refractivity contribution in [3.05, 3.63) is 62.2 Å². The highest BCUT2D eigenvalue weighted by Crippen LogP contribution is 2.36. The molecule has 3 rings (SSSR count). The number of nitrogens with one attached hydrogen (secondary N) is 1. The average molecular weight is 446 g/mol. The molecule has 1 aromatic heterocycles. The SMILES string of the molecule is CN(CC(=O)Nc1c(Cl)cccc1Cl)C(=O)c1sc2cc(F)ccc2c1Cl. The molecular weight excluding hydrogens is 434 g/mol. The van der Waals surface area contributed by atoms with Crippen LogP contribution in [-0.4, -0.2) is 30.3 Å². The number of rotatable bonds is 4. The Kier molecular flexibility index (Phi) is 5.91. The minimum absolute atomic E-state index is 0.237. The van der Waals surface area contributed by atoms with Gasteiger partial charge in [-0.2, -0.15) is 0 Å². The van der Waals surface area contributed by atoms with E-state index in [1.807, 2.05) is 0 Å². The predicted octanol–water partition coefficient (Wildman–Crippen LogP) is 5.71. The van der Waals surface area contributed by atoms with E-state index in [1.165, 1.54) is 30.1 Å². The number of anilines is 1. The van der Waals surface area contributed by atoms with Crippen LogP contribution in [0.5, 0.6) is 0 Å². The number of halogens is 4. The van der Waals surface area contributed by atoms with Crippen LogP contribution in [0.2, 0.25) is 15.1 Å². The van der Waals surface area contributed by atoms with Gasteiger partial charge in [-0.25, -0.2) is 4.39 Å². The second-order valence-corrected chi connectivity index (χ2v) is 7.94. The molecule has 1 heterocycles. The lowest BCUT2D eigenvalue weighted by Crippen LogP contribution is -2.34. The van der Waals surface area contributed by atoms with E-state index in [9.17, 15) is 14.0 Å². The summed E-state index contributed by atoms with van der Waals surface area (Å²) < 4.78 is 13.9. The van der Waals surface area contributed by atoms with Gasteiger partial charge in [0.15, 0.2) is 0 Å². The molecule has 0 aliphatic heterocycles. The normalized spacial score (nSPS) is 10.9. The fourth-order valence-corrected chi connectivity index (χ4v) is 4.46. The second kappa shape index (κ2) is 8.02. The summed E-state index contributed by atoms with van der Waals surface area (Å²) in [7, 11) is 1.47. The van der Waals surface area contributed by atoms with Crippen LogP contribution in [0.25, 0.3) is 10.1 Å². The molecule has 0 radical (unpaired) electrons. The summed E-state index contributed by atoms with van der Waals surface area (Å²) in [5.74, 6) is -1.32. The third-order valence-corrected chi connectivity index (χ3v) is 6.02. The first-order chi connectivity index (χ1) is 12.8. The summed E-state index contributed by atoms with van der Waals surface area (Å²) in [6.45, 7) is -0.237. The Morgan fingerprint density at radius 3 is 2.48 bits per heavy atom.